The number of piperazine rings is 1. The zero-order valence-electron chi connectivity index (χ0n) is 20.7. The highest BCUT2D eigenvalue weighted by Gasteiger charge is 2.29. The predicted molar refractivity (Wildman–Crippen MR) is 139 cm³/mol. The average molecular weight is 495 g/mol. The Hall–Kier alpha value is -4.84. The lowest BCUT2D eigenvalue weighted by Crippen LogP contribution is -2.49. The summed E-state index contributed by atoms with van der Waals surface area (Å²) in [7, 11) is 3.18. The van der Waals surface area contributed by atoms with Gasteiger partial charge in [0, 0.05) is 50.2 Å². The Bertz CT molecular complexity index is 1450. The molecule has 2 aromatic heterocycles. The van der Waals surface area contributed by atoms with Gasteiger partial charge in [0.1, 0.15) is 29.1 Å². The van der Waals surface area contributed by atoms with Crippen LogP contribution >= 0.6 is 0 Å². The largest absolute Gasteiger partial charge is 0.497 e. The van der Waals surface area contributed by atoms with Crippen molar-refractivity contribution in [2.75, 3.05) is 45.3 Å². The number of para-hydroxylation sites is 1. The van der Waals surface area contributed by atoms with Crippen molar-refractivity contribution in [2.45, 2.75) is 0 Å². The molecule has 0 bridgehead atoms. The van der Waals surface area contributed by atoms with E-state index in [2.05, 4.69) is 11.1 Å². The van der Waals surface area contributed by atoms with E-state index in [-0.39, 0.29) is 5.91 Å². The predicted octanol–water partition coefficient (Wildman–Crippen LogP) is 3.79. The number of carbonyl (C=O) groups excluding carboxylic acids is 1. The summed E-state index contributed by atoms with van der Waals surface area (Å²) in [6, 6.07) is 20.8. The lowest BCUT2D eigenvalue weighted by molar-refractivity contribution is 0.0747. The second kappa shape index (κ2) is 10.4. The Balaban J connectivity index is 1.47. The van der Waals surface area contributed by atoms with Gasteiger partial charge in [0.25, 0.3) is 5.91 Å². The Morgan fingerprint density at radius 2 is 1.76 bits per heavy atom. The Morgan fingerprint density at radius 3 is 2.46 bits per heavy atom. The topological polar surface area (TPSA) is 96.5 Å². The van der Waals surface area contributed by atoms with E-state index in [4.69, 9.17) is 14.6 Å². The molecular weight excluding hydrogens is 468 g/mol. The second-order valence-electron chi connectivity index (χ2n) is 8.50. The molecule has 0 saturated carbocycles. The zero-order chi connectivity index (χ0) is 25.8. The van der Waals surface area contributed by atoms with E-state index in [0.717, 1.165) is 5.69 Å². The van der Waals surface area contributed by atoms with Crippen molar-refractivity contribution in [1.82, 2.24) is 19.7 Å². The molecule has 9 heteroatoms. The number of nitriles is 1. The van der Waals surface area contributed by atoms with Crippen LogP contribution < -0.4 is 14.4 Å². The van der Waals surface area contributed by atoms with Crippen molar-refractivity contribution in [3.05, 3.63) is 84.2 Å². The summed E-state index contributed by atoms with van der Waals surface area (Å²) in [5.41, 5.74) is 3.09. The van der Waals surface area contributed by atoms with Crippen LogP contribution in [0.2, 0.25) is 0 Å². The molecule has 0 atom stereocenters. The molecule has 37 heavy (non-hydrogen) atoms. The molecule has 1 fully saturated rings. The first-order valence-electron chi connectivity index (χ1n) is 11.9. The van der Waals surface area contributed by atoms with Gasteiger partial charge >= 0.3 is 0 Å². The molecule has 1 saturated heterocycles. The van der Waals surface area contributed by atoms with Gasteiger partial charge in [-0.25, -0.2) is 9.67 Å². The Morgan fingerprint density at radius 1 is 0.973 bits per heavy atom. The van der Waals surface area contributed by atoms with Crippen LogP contribution in [0.1, 0.15) is 15.9 Å². The van der Waals surface area contributed by atoms with E-state index in [1.165, 1.54) is 0 Å². The van der Waals surface area contributed by atoms with Crippen molar-refractivity contribution >= 4 is 11.7 Å². The highest BCUT2D eigenvalue weighted by Crippen LogP contribution is 2.35. The van der Waals surface area contributed by atoms with E-state index < -0.39 is 0 Å². The number of carbonyl (C=O) groups is 1. The molecule has 0 spiro atoms. The van der Waals surface area contributed by atoms with E-state index in [1.54, 1.807) is 49.5 Å². The minimum atomic E-state index is -0.115. The van der Waals surface area contributed by atoms with Crippen molar-refractivity contribution in [1.29, 1.82) is 5.26 Å². The molecule has 9 nitrogen and oxygen atoms in total. The number of aromatic nitrogens is 3. The molecule has 1 amide bonds. The number of hydrogen-bond acceptors (Lipinski definition) is 7. The van der Waals surface area contributed by atoms with E-state index in [0.29, 0.717) is 65.9 Å². The fraction of sp³-hybridized carbons (Fsp3) is 0.214. The highest BCUT2D eigenvalue weighted by molar-refractivity contribution is 6.00. The lowest BCUT2D eigenvalue weighted by Gasteiger charge is -2.35. The number of benzene rings is 2. The van der Waals surface area contributed by atoms with E-state index >= 15 is 0 Å². The van der Waals surface area contributed by atoms with Crippen LogP contribution in [0.3, 0.4) is 0 Å². The third-order valence-electron chi connectivity index (χ3n) is 6.40. The molecule has 4 aromatic rings. The number of nitrogens with zero attached hydrogens (tertiary/aromatic N) is 6. The number of anilines is 1. The molecule has 2 aromatic carbocycles. The summed E-state index contributed by atoms with van der Waals surface area (Å²) in [5, 5.41) is 14.2. The van der Waals surface area contributed by atoms with Gasteiger partial charge in [-0.05, 0) is 36.4 Å². The summed E-state index contributed by atoms with van der Waals surface area (Å²) >= 11 is 0. The SMILES string of the molecule is COc1ccc(-c2nn(-c3ccccc3)cc2C(=O)N2CCN(c3ncccc3C#N)CC2)c(OC)c1. The molecule has 5 rings (SSSR count). The average Bonchev–Trinajstić information content (AvgIpc) is 3.42. The zero-order valence-corrected chi connectivity index (χ0v) is 20.7. The van der Waals surface area contributed by atoms with Gasteiger partial charge in [-0.15, -0.1) is 0 Å². The van der Waals surface area contributed by atoms with Crippen LogP contribution in [0.5, 0.6) is 11.5 Å². The number of hydrogen-bond donors (Lipinski definition) is 0. The van der Waals surface area contributed by atoms with Crippen LogP contribution in [0.4, 0.5) is 5.82 Å². The maximum Gasteiger partial charge on any atom is 0.257 e. The number of rotatable bonds is 6. The van der Waals surface area contributed by atoms with Crippen LogP contribution in [0.15, 0.2) is 73.1 Å². The molecular formula is C28H26N6O3. The maximum atomic E-state index is 13.8. The summed E-state index contributed by atoms with van der Waals surface area (Å²) in [5.74, 6) is 1.75. The standard InChI is InChI=1S/C28H26N6O3/c1-36-22-10-11-23(25(17-22)37-2)26-24(19-34(31-26)21-8-4-3-5-9-21)28(35)33-15-13-32(14-16-33)27-20(18-29)7-6-12-30-27/h3-12,17,19H,13-16H2,1-2H3. The van der Waals surface area contributed by atoms with Gasteiger partial charge < -0.3 is 19.3 Å². The summed E-state index contributed by atoms with van der Waals surface area (Å²) in [4.78, 5) is 22.1. The van der Waals surface area contributed by atoms with Crippen LogP contribution in [-0.4, -0.2) is 66.0 Å². The van der Waals surface area contributed by atoms with Gasteiger partial charge in [0.15, 0.2) is 0 Å². The molecule has 0 aliphatic carbocycles. The summed E-state index contributed by atoms with van der Waals surface area (Å²) in [6.45, 7) is 2.14. The normalized spacial score (nSPS) is 13.2. The fourth-order valence-corrected chi connectivity index (χ4v) is 4.46. The van der Waals surface area contributed by atoms with Crippen LogP contribution in [-0.2, 0) is 0 Å². The highest BCUT2D eigenvalue weighted by atomic mass is 16.5. The van der Waals surface area contributed by atoms with Gasteiger partial charge in [-0.3, -0.25) is 4.79 Å². The Labute approximate surface area is 215 Å². The number of pyridine rings is 1. The first-order chi connectivity index (χ1) is 18.1. The minimum Gasteiger partial charge on any atom is -0.497 e. The fourth-order valence-electron chi connectivity index (χ4n) is 4.46. The molecule has 3 heterocycles. The quantitative estimate of drug-likeness (QED) is 0.402. The Kier molecular flexibility index (Phi) is 6.72. The van der Waals surface area contributed by atoms with Gasteiger partial charge in [-0.1, -0.05) is 18.2 Å². The third-order valence-corrected chi connectivity index (χ3v) is 6.40. The third kappa shape index (κ3) is 4.69. The van der Waals surface area contributed by atoms with Gasteiger partial charge in [0.05, 0.1) is 31.0 Å². The smallest absolute Gasteiger partial charge is 0.257 e. The van der Waals surface area contributed by atoms with Crippen LogP contribution in [0, 0.1) is 11.3 Å². The molecule has 0 unspecified atom stereocenters. The number of amides is 1. The number of methoxy groups -OCH3 is 2. The van der Waals surface area contributed by atoms with Gasteiger partial charge in [-0.2, -0.15) is 10.4 Å². The van der Waals surface area contributed by atoms with Crippen molar-refractivity contribution in [3.8, 4) is 34.5 Å². The maximum absolute atomic E-state index is 13.8. The molecule has 1 aliphatic rings. The summed E-state index contributed by atoms with van der Waals surface area (Å²) < 4.78 is 12.7. The lowest BCUT2D eigenvalue weighted by atomic mass is 10.1. The molecule has 1 aliphatic heterocycles. The van der Waals surface area contributed by atoms with Crippen LogP contribution in [0.25, 0.3) is 16.9 Å². The summed E-state index contributed by atoms with van der Waals surface area (Å²) in [6.07, 6.45) is 3.45. The first-order valence-corrected chi connectivity index (χ1v) is 11.9. The molecule has 0 N–H and O–H groups in total. The van der Waals surface area contributed by atoms with Crippen molar-refractivity contribution in [2.24, 2.45) is 0 Å². The molecule has 186 valence electrons. The number of ether oxygens (including phenoxy) is 2. The van der Waals surface area contributed by atoms with Crippen molar-refractivity contribution < 1.29 is 14.3 Å². The second-order valence-corrected chi connectivity index (χ2v) is 8.50. The minimum absolute atomic E-state index is 0.115. The first kappa shape index (κ1) is 23.9. The van der Waals surface area contributed by atoms with E-state index in [9.17, 15) is 10.1 Å². The van der Waals surface area contributed by atoms with Gasteiger partial charge in [0.2, 0.25) is 0 Å². The molecule has 0 radical (unpaired) electrons. The van der Waals surface area contributed by atoms with E-state index in [1.807, 2.05) is 52.3 Å². The monoisotopic (exact) mass is 494 g/mol. The van der Waals surface area contributed by atoms with Crippen molar-refractivity contribution in [3.63, 3.8) is 0 Å².